The fourth-order valence-electron chi connectivity index (χ4n) is 18.4. The molecule has 0 fully saturated rings. The van der Waals surface area contributed by atoms with Crippen molar-refractivity contribution in [1.29, 1.82) is 0 Å². The molecule has 3 aliphatic carbocycles. The second-order valence-corrected chi connectivity index (χ2v) is 29.9. The molecule has 0 radical (unpaired) electrons. The quantitative estimate of drug-likeness (QED) is 0.0783. The van der Waals surface area contributed by atoms with Gasteiger partial charge in [0.05, 0.1) is 11.0 Å². The summed E-state index contributed by atoms with van der Waals surface area (Å²) in [6, 6.07) is 106. The van der Waals surface area contributed by atoms with Gasteiger partial charge in [-0.05, 0) is 246 Å². The van der Waals surface area contributed by atoms with Crippen molar-refractivity contribution in [2.75, 3.05) is 4.90 Å². The molecular weight excluding hydrogens is 1250 g/mol. The Bertz CT molecular complexity index is 5330. The molecule has 0 N–H and O–H groups in total. The average Bonchev–Trinajstić information content (AvgIpc) is 1.50. The van der Waals surface area contributed by atoms with E-state index in [0.29, 0.717) is 29.4 Å². The standard InChI is InChI=1S/C97H83F3N2/c1-6-94(63-96(97(98,99)100)89-52-47-76(101(74-33-15-9-16-34-74)75-35-17-10-18-36-75)61-85(89)80-49-44-70(60-91(80)96)73-56-71(66-29-11-7-12-30-66)55-72(57-73)67-31-13-8-14-32-67)87-51-46-77(102-92-41-23-20-38-81(92)82-39-21-24-42-93(82)102)62-84(87)79-48-43-69(59-90(79)94)68-45-50-88-83(58-68)78-37-19-22-40-86(78)95(88,53-25-27-64(2)3)54-26-28-65(4)5/h7-24,29-52,55-62,64-65H,6,25-28,53-54,63H2,1-5H3. The summed E-state index contributed by atoms with van der Waals surface area (Å²) in [5, 5.41) is 2.29. The van der Waals surface area contributed by atoms with E-state index in [2.05, 4.69) is 244 Å². The van der Waals surface area contributed by atoms with Crippen LogP contribution in [0.25, 0.3) is 105 Å². The van der Waals surface area contributed by atoms with Gasteiger partial charge >= 0.3 is 6.18 Å². The van der Waals surface area contributed by atoms with Gasteiger partial charge in [-0.1, -0.05) is 267 Å². The van der Waals surface area contributed by atoms with Crippen molar-refractivity contribution in [3.8, 4) is 83.6 Å². The Hall–Kier alpha value is -10.8. The topological polar surface area (TPSA) is 8.17 Å². The molecule has 102 heavy (non-hydrogen) atoms. The minimum absolute atomic E-state index is 0.115. The van der Waals surface area contributed by atoms with Gasteiger partial charge in [0, 0.05) is 44.4 Å². The normalized spacial score (nSPS) is 16.1. The predicted molar refractivity (Wildman–Crippen MR) is 421 cm³/mol. The van der Waals surface area contributed by atoms with Gasteiger partial charge in [-0.15, -0.1) is 0 Å². The summed E-state index contributed by atoms with van der Waals surface area (Å²) in [7, 11) is 0. The molecule has 13 aromatic carbocycles. The minimum Gasteiger partial charge on any atom is -0.310 e. The largest absolute Gasteiger partial charge is 0.402 e. The lowest BCUT2D eigenvalue weighted by molar-refractivity contribution is -0.182. The summed E-state index contributed by atoms with van der Waals surface area (Å²) in [4.78, 5) is 2.16. The number of aromatic nitrogens is 1. The van der Waals surface area contributed by atoms with Crippen LogP contribution in [0.15, 0.2) is 303 Å². The summed E-state index contributed by atoms with van der Waals surface area (Å²) < 4.78 is 58.7. The highest BCUT2D eigenvalue weighted by atomic mass is 19.4. The van der Waals surface area contributed by atoms with Crippen molar-refractivity contribution in [1.82, 2.24) is 4.57 Å². The van der Waals surface area contributed by atoms with Crippen LogP contribution in [-0.4, -0.2) is 10.7 Å². The molecule has 1 heterocycles. The molecule has 14 aromatic rings. The molecule has 0 spiro atoms. The van der Waals surface area contributed by atoms with Gasteiger partial charge in [0.25, 0.3) is 0 Å². The monoisotopic (exact) mass is 1330 g/mol. The molecule has 0 bridgehead atoms. The summed E-state index contributed by atoms with van der Waals surface area (Å²) >= 11 is 0. The maximum absolute atomic E-state index is 18.8. The van der Waals surface area contributed by atoms with Crippen molar-refractivity contribution in [3.63, 3.8) is 0 Å². The number of fused-ring (bicyclic) bond motifs is 12. The van der Waals surface area contributed by atoms with Crippen molar-refractivity contribution in [2.24, 2.45) is 11.8 Å². The number of hydrogen-bond donors (Lipinski definition) is 0. The van der Waals surface area contributed by atoms with E-state index in [1.807, 2.05) is 103 Å². The highest BCUT2D eigenvalue weighted by Crippen LogP contribution is 2.67. The van der Waals surface area contributed by atoms with Crippen molar-refractivity contribution < 1.29 is 13.2 Å². The highest BCUT2D eigenvalue weighted by molar-refractivity contribution is 6.09. The molecule has 0 saturated carbocycles. The number of alkyl halides is 3. The van der Waals surface area contributed by atoms with Gasteiger partial charge in [-0.2, -0.15) is 13.2 Å². The third-order valence-corrected chi connectivity index (χ3v) is 23.2. The van der Waals surface area contributed by atoms with Gasteiger partial charge in [0.1, 0.15) is 5.41 Å². The van der Waals surface area contributed by atoms with Gasteiger partial charge < -0.3 is 9.47 Å². The number of hydrogen-bond acceptors (Lipinski definition) is 1. The number of anilines is 3. The van der Waals surface area contributed by atoms with Crippen LogP contribution in [0.5, 0.6) is 0 Å². The van der Waals surface area contributed by atoms with Crippen LogP contribution in [0.2, 0.25) is 0 Å². The van der Waals surface area contributed by atoms with Gasteiger partial charge in [0.2, 0.25) is 0 Å². The van der Waals surface area contributed by atoms with E-state index in [4.69, 9.17) is 0 Å². The third-order valence-electron chi connectivity index (χ3n) is 23.2. The lowest BCUT2D eigenvalue weighted by Crippen LogP contribution is -2.47. The van der Waals surface area contributed by atoms with E-state index in [-0.39, 0.29) is 23.0 Å². The summed E-state index contributed by atoms with van der Waals surface area (Å²) in [6.07, 6.45) is 2.10. The third kappa shape index (κ3) is 10.7. The molecule has 3 aliphatic rings. The van der Waals surface area contributed by atoms with Crippen molar-refractivity contribution in [3.05, 3.63) is 337 Å². The first kappa shape index (κ1) is 64.6. The molecule has 0 aliphatic heterocycles. The zero-order valence-corrected chi connectivity index (χ0v) is 58.7. The van der Waals surface area contributed by atoms with E-state index in [9.17, 15) is 0 Å². The Morgan fingerprint density at radius 1 is 0.333 bits per heavy atom. The van der Waals surface area contributed by atoms with Crippen LogP contribution < -0.4 is 4.90 Å². The second kappa shape index (κ2) is 25.7. The highest BCUT2D eigenvalue weighted by Gasteiger charge is 2.65. The average molecular weight is 1330 g/mol. The number of para-hydroxylation sites is 4. The minimum atomic E-state index is -4.82. The van der Waals surface area contributed by atoms with E-state index in [1.54, 1.807) is 0 Å². The van der Waals surface area contributed by atoms with Crippen LogP contribution in [0.1, 0.15) is 119 Å². The molecule has 0 amide bonds. The first-order chi connectivity index (χ1) is 49.7. The molecule has 2 atom stereocenters. The fourth-order valence-corrected chi connectivity index (χ4v) is 18.4. The van der Waals surface area contributed by atoms with Crippen LogP contribution in [0.4, 0.5) is 30.2 Å². The molecule has 5 heteroatoms. The Morgan fingerprint density at radius 3 is 1.34 bits per heavy atom. The van der Waals surface area contributed by atoms with Crippen molar-refractivity contribution in [2.45, 2.75) is 108 Å². The van der Waals surface area contributed by atoms with Crippen LogP contribution >= 0.6 is 0 Å². The van der Waals surface area contributed by atoms with E-state index < -0.39 is 17.0 Å². The predicted octanol–water partition coefficient (Wildman–Crippen LogP) is 27.4. The lowest BCUT2D eigenvalue weighted by atomic mass is 9.61. The van der Waals surface area contributed by atoms with Gasteiger partial charge in [-0.25, -0.2) is 0 Å². The van der Waals surface area contributed by atoms with Crippen LogP contribution in [-0.2, 0) is 16.2 Å². The fraction of sp³-hybridized carbons (Fsp3) is 0.196. The molecule has 17 rings (SSSR count). The van der Waals surface area contributed by atoms with E-state index >= 15 is 13.2 Å². The molecule has 2 nitrogen and oxygen atoms in total. The SMILES string of the molecule is CCC1(CC2(C(F)(F)F)c3ccc(N(c4ccccc4)c4ccccc4)cc3-c3ccc(-c4cc(-c5ccccc5)cc(-c5ccccc5)c4)cc32)c2ccc(-n3c4ccccc4c4ccccc43)cc2-c2ccc(-c3ccc4c(c3)-c3ccccc3C4(CCCC(C)C)CCCC(C)C)cc21. The number of halogens is 3. The Morgan fingerprint density at radius 2 is 0.765 bits per heavy atom. The molecular formula is C97H83F3N2. The summed E-state index contributed by atoms with van der Waals surface area (Å²) in [5.41, 5.74) is 20.3. The zero-order chi connectivity index (χ0) is 69.5. The Labute approximate surface area is 598 Å². The first-order valence-corrected chi connectivity index (χ1v) is 36.8. The smallest absolute Gasteiger partial charge is 0.310 e. The van der Waals surface area contributed by atoms with Crippen LogP contribution in [0.3, 0.4) is 0 Å². The Balaban J connectivity index is 0.900. The molecule has 0 saturated heterocycles. The zero-order valence-electron chi connectivity index (χ0n) is 58.7. The number of rotatable bonds is 19. The number of nitrogens with zero attached hydrogens (tertiary/aromatic N) is 2. The maximum Gasteiger partial charge on any atom is 0.402 e. The van der Waals surface area contributed by atoms with Gasteiger partial charge in [-0.3, -0.25) is 0 Å². The van der Waals surface area contributed by atoms with Crippen molar-refractivity contribution >= 4 is 38.9 Å². The van der Waals surface area contributed by atoms with Crippen LogP contribution in [0, 0.1) is 11.8 Å². The second-order valence-electron chi connectivity index (χ2n) is 29.9. The lowest BCUT2D eigenvalue weighted by Gasteiger charge is -2.43. The molecule has 502 valence electrons. The first-order valence-electron chi connectivity index (χ1n) is 36.8. The maximum atomic E-state index is 18.8. The van der Waals surface area contributed by atoms with E-state index in [1.165, 1.54) is 35.1 Å². The Kier molecular flexibility index (Phi) is 16.3. The number of benzene rings is 13. The molecule has 2 unspecified atom stereocenters. The van der Waals surface area contributed by atoms with Gasteiger partial charge in [0.15, 0.2) is 0 Å². The molecule has 1 aromatic heterocycles. The van der Waals surface area contributed by atoms with E-state index in [0.717, 1.165) is 137 Å². The summed E-state index contributed by atoms with van der Waals surface area (Å²) in [6.45, 7) is 11.5. The summed E-state index contributed by atoms with van der Waals surface area (Å²) in [5.74, 6) is 1.22.